The Hall–Kier alpha value is -3.76. The van der Waals surface area contributed by atoms with E-state index in [0.717, 1.165) is 13.0 Å². The summed E-state index contributed by atoms with van der Waals surface area (Å²) in [7, 11) is -5.57. The highest BCUT2D eigenvalue weighted by atomic mass is 32.2. The molecule has 16 heteroatoms. The maximum absolute atomic E-state index is 13.6. The first-order valence-electron chi connectivity index (χ1n) is 13.2. The number of halogens is 4. The van der Waals surface area contributed by atoms with E-state index < -0.39 is 64.7 Å². The van der Waals surface area contributed by atoms with Crippen LogP contribution < -0.4 is 10.1 Å². The van der Waals surface area contributed by atoms with Gasteiger partial charge in [0.05, 0.1) is 15.4 Å². The monoisotopic (exact) mass is 655 g/mol. The number of amides is 2. The molecular weight excluding hydrogens is 622 g/mol. The highest BCUT2D eigenvalue weighted by Gasteiger charge is 2.39. The van der Waals surface area contributed by atoms with E-state index in [4.69, 9.17) is 9.16 Å². The Morgan fingerprint density at radius 2 is 1.73 bits per heavy atom. The van der Waals surface area contributed by atoms with Crippen molar-refractivity contribution < 1.29 is 40.5 Å². The zero-order valence-corrected chi connectivity index (χ0v) is 27.2. The van der Waals surface area contributed by atoms with E-state index in [2.05, 4.69) is 24.9 Å². The van der Waals surface area contributed by atoms with Crippen molar-refractivity contribution in [3.05, 3.63) is 64.9 Å². The minimum atomic E-state index is -4.94. The standard InChI is InChI=1S/C28H33F4N5O5SSi/c1-16-23(26(36-35-24(16)28(30,31)32)42-20-12-13-21(29)33-17(20)2)25(39)34-18-10-9-11-19(14-18)43(6,40)37-22(38)15-41-44(7,8)27(3,4)5/h9-14H,15H2,1-8H3,(H,34,39)/t43-/m1/s1. The van der Waals surface area contributed by atoms with Crippen molar-refractivity contribution in [1.82, 2.24) is 15.2 Å². The van der Waals surface area contributed by atoms with Crippen molar-refractivity contribution in [2.45, 2.75) is 63.8 Å². The van der Waals surface area contributed by atoms with E-state index in [1.165, 1.54) is 43.5 Å². The van der Waals surface area contributed by atoms with E-state index in [9.17, 15) is 31.4 Å². The number of nitrogens with one attached hydrogen (secondary N) is 1. The van der Waals surface area contributed by atoms with E-state index in [0.29, 0.717) is 0 Å². The Labute approximate surface area is 253 Å². The fourth-order valence-electron chi connectivity index (χ4n) is 3.57. The van der Waals surface area contributed by atoms with Gasteiger partial charge in [0, 0.05) is 16.8 Å². The third-order valence-corrected chi connectivity index (χ3v) is 13.2. The van der Waals surface area contributed by atoms with Crippen LogP contribution in [0.15, 0.2) is 45.7 Å². The van der Waals surface area contributed by atoms with Gasteiger partial charge in [-0.2, -0.15) is 21.9 Å². The van der Waals surface area contributed by atoms with Gasteiger partial charge in [0.15, 0.2) is 19.8 Å². The number of aromatic nitrogens is 3. The summed E-state index contributed by atoms with van der Waals surface area (Å²) in [4.78, 5) is 29.6. The highest BCUT2D eigenvalue weighted by Crippen LogP contribution is 2.37. The lowest BCUT2D eigenvalue weighted by Crippen LogP contribution is -2.42. The van der Waals surface area contributed by atoms with E-state index >= 15 is 0 Å². The predicted octanol–water partition coefficient (Wildman–Crippen LogP) is 6.70. The van der Waals surface area contributed by atoms with Crippen LogP contribution >= 0.6 is 0 Å². The largest absolute Gasteiger partial charge is 0.435 e. The molecule has 2 heterocycles. The first kappa shape index (κ1) is 34.7. The molecule has 0 bridgehead atoms. The summed E-state index contributed by atoms with van der Waals surface area (Å²) in [5.74, 6) is -3.23. The summed E-state index contributed by atoms with van der Waals surface area (Å²) in [6.45, 7) is 12.0. The quantitative estimate of drug-likeness (QED) is 0.161. The van der Waals surface area contributed by atoms with Gasteiger partial charge in [-0.25, -0.2) is 9.19 Å². The van der Waals surface area contributed by atoms with Gasteiger partial charge in [-0.1, -0.05) is 26.8 Å². The number of pyridine rings is 1. The molecular formula is C28H33F4N5O5SSi. The summed E-state index contributed by atoms with van der Waals surface area (Å²) in [5.41, 5.74) is -2.50. The van der Waals surface area contributed by atoms with Crippen molar-refractivity contribution >= 4 is 35.5 Å². The second kappa shape index (κ2) is 12.7. The van der Waals surface area contributed by atoms with Gasteiger partial charge in [-0.15, -0.1) is 10.2 Å². The smallest absolute Gasteiger partial charge is 0.435 e. The molecule has 0 spiro atoms. The molecule has 0 fully saturated rings. The average molecular weight is 656 g/mol. The third kappa shape index (κ3) is 8.24. The number of ether oxygens (including phenoxy) is 1. The number of benzene rings is 1. The second-order valence-corrected chi connectivity index (χ2v) is 18.6. The van der Waals surface area contributed by atoms with Crippen LogP contribution in [0.5, 0.6) is 11.6 Å². The lowest BCUT2D eigenvalue weighted by atomic mass is 10.1. The molecule has 238 valence electrons. The van der Waals surface area contributed by atoms with Crippen LogP contribution in [0.4, 0.5) is 23.2 Å². The molecule has 0 saturated carbocycles. The summed E-state index contributed by atoms with van der Waals surface area (Å²) in [6.07, 6.45) is -3.69. The molecule has 0 aliphatic rings. The topological polar surface area (TPSA) is 133 Å². The van der Waals surface area contributed by atoms with Gasteiger partial charge in [0.1, 0.15) is 12.2 Å². The number of rotatable bonds is 8. The van der Waals surface area contributed by atoms with Crippen LogP contribution in [0.25, 0.3) is 0 Å². The fourth-order valence-corrected chi connectivity index (χ4v) is 5.71. The number of carbonyl (C=O) groups is 2. The first-order chi connectivity index (χ1) is 20.1. The molecule has 0 radical (unpaired) electrons. The SMILES string of the molecule is Cc1nc(F)ccc1Oc1nnc(C(F)(F)F)c(C)c1C(=O)Nc1cccc([S@@](C)(=O)=NC(=O)CO[Si](C)(C)C(C)(C)C)c1. The lowest BCUT2D eigenvalue weighted by Gasteiger charge is -2.35. The van der Waals surface area contributed by atoms with Crippen LogP contribution in [0.2, 0.25) is 18.1 Å². The van der Waals surface area contributed by atoms with Crippen molar-refractivity contribution in [2.24, 2.45) is 4.36 Å². The molecule has 10 nitrogen and oxygen atoms in total. The molecule has 0 saturated heterocycles. The Morgan fingerprint density at radius 1 is 1.07 bits per heavy atom. The molecule has 0 unspecified atom stereocenters. The summed E-state index contributed by atoms with van der Waals surface area (Å²) >= 11 is 0. The zero-order valence-electron chi connectivity index (χ0n) is 25.4. The minimum Gasteiger partial charge on any atom is -0.435 e. The Kier molecular flexibility index (Phi) is 10.0. The highest BCUT2D eigenvalue weighted by molar-refractivity contribution is 7.93. The number of aryl methyl sites for hydroxylation is 1. The number of anilines is 1. The molecule has 3 rings (SSSR count). The third-order valence-electron chi connectivity index (χ3n) is 7.06. The maximum Gasteiger partial charge on any atom is 0.435 e. The zero-order chi connectivity index (χ0) is 33.3. The second-order valence-electron chi connectivity index (χ2n) is 11.5. The summed E-state index contributed by atoms with van der Waals surface area (Å²) in [5, 5.41) is 8.98. The number of alkyl halides is 3. The number of carbonyl (C=O) groups excluding carboxylic acids is 2. The first-order valence-corrected chi connectivity index (χ1v) is 18.0. The van der Waals surface area contributed by atoms with Gasteiger partial charge in [0.2, 0.25) is 5.95 Å². The molecule has 1 aromatic carbocycles. The van der Waals surface area contributed by atoms with Gasteiger partial charge >= 0.3 is 6.18 Å². The fraction of sp³-hybridized carbons (Fsp3) is 0.393. The van der Waals surface area contributed by atoms with Crippen LogP contribution in [-0.4, -0.2) is 52.4 Å². The minimum absolute atomic E-state index is 0.0394. The van der Waals surface area contributed by atoms with Gasteiger partial charge in [-0.3, -0.25) is 9.59 Å². The number of nitrogens with zero attached hydrogens (tertiary/aromatic N) is 4. The molecule has 3 aromatic rings. The van der Waals surface area contributed by atoms with Gasteiger partial charge in [-0.05, 0) is 67.9 Å². The van der Waals surface area contributed by atoms with Gasteiger partial charge < -0.3 is 14.5 Å². The summed E-state index contributed by atoms with van der Waals surface area (Å²) < 4.78 is 83.1. The van der Waals surface area contributed by atoms with Crippen molar-refractivity contribution in [3.63, 3.8) is 0 Å². The molecule has 44 heavy (non-hydrogen) atoms. The van der Waals surface area contributed by atoms with E-state index in [1.807, 2.05) is 33.9 Å². The van der Waals surface area contributed by atoms with E-state index in [1.54, 1.807) is 0 Å². The van der Waals surface area contributed by atoms with Crippen molar-refractivity contribution in [3.8, 4) is 11.6 Å². The Balaban J connectivity index is 1.94. The maximum atomic E-state index is 13.6. The van der Waals surface area contributed by atoms with Crippen LogP contribution in [0.1, 0.15) is 48.1 Å². The average Bonchev–Trinajstić information content (AvgIpc) is 2.87. The van der Waals surface area contributed by atoms with Crippen molar-refractivity contribution in [2.75, 3.05) is 18.2 Å². The summed E-state index contributed by atoms with van der Waals surface area (Å²) in [6, 6.07) is 7.71. The Morgan fingerprint density at radius 3 is 2.32 bits per heavy atom. The number of hydrogen-bond acceptors (Lipinski definition) is 8. The molecule has 1 N–H and O–H groups in total. The predicted molar refractivity (Wildman–Crippen MR) is 158 cm³/mol. The normalized spacial score (nSPS) is 13.6. The van der Waals surface area contributed by atoms with Crippen LogP contribution in [0, 0.1) is 19.8 Å². The number of hydrogen-bond donors (Lipinski definition) is 1. The van der Waals surface area contributed by atoms with Gasteiger partial charge in [0.25, 0.3) is 17.7 Å². The molecule has 0 aliphatic carbocycles. The lowest BCUT2D eigenvalue weighted by molar-refractivity contribution is -0.142. The van der Waals surface area contributed by atoms with Crippen molar-refractivity contribution in [1.29, 1.82) is 0 Å². The Bertz CT molecular complexity index is 1720. The molecule has 0 aliphatic heterocycles. The van der Waals surface area contributed by atoms with Crippen LogP contribution in [0.3, 0.4) is 0 Å². The van der Waals surface area contributed by atoms with E-state index in [-0.39, 0.29) is 33.7 Å². The van der Waals surface area contributed by atoms with Crippen LogP contribution in [-0.2, 0) is 25.1 Å². The molecule has 1 atom stereocenters. The molecule has 2 amide bonds. The molecule has 2 aromatic heterocycles.